The van der Waals surface area contributed by atoms with Crippen LogP contribution in [0, 0.1) is 11.8 Å². The van der Waals surface area contributed by atoms with Crippen LogP contribution in [-0.2, 0) is 0 Å². The van der Waals surface area contributed by atoms with Gasteiger partial charge in [0.2, 0.25) is 0 Å². The van der Waals surface area contributed by atoms with Crippen LogP contribution in [0.2, 0.25) is 0 Å². The second-order valence-electron chi connectivity index (χ2n) is 5.13. The van der Waals surface area contributed by atoms with Crippen molar-refractivity contribution >= 4 is 0 Å². The van der Waals surface area contributed by atoms with Gasteiger partial charge in [-0.15, -0.1) is 0 Å². The van der Waals surface area contributed by atoms with Crippen molar-refractivity contribution in [2.45, 2.75) is 32.6 Å². The third-order valence-electron chi connectivity index (χ3n) is 3.99. The molecule has 3 aliphatic carbocycles. The van der Waals surface area contributed by atoms with Gasteiger partial charge in [0.25, 0.3) is 0 Å². The molecule has 2 bridgehead atoms. The minimum Gasteiger partial charge on any atom is -0.0953 e. The molecule has 0 radical (unpaired) electrons. The van der Waals surface area contributed by atoms with E-state index >= 15 is 0 Å². The van der Waals surface area contributed by atoms with E-state index in [1.54, 1.807) is 0 Å². The largest absolute Gasteiger partial charge is 0.0953 e. The molecule has 0 amide bonds. The molecule has 0 aliphatic heterocycles. The minimum absolute atomic E-state index is 0.749. The van der Waals surface area contributed by atoms with Gasteiger partial charge in [-0.3, -0.25) is 0 Å². The van der Waals surface area contributed by atoms with Gasteiger partial charge in [-0.1, -0.05) is 43.5 Å². The lowest BCUT2D eigenvalue weighted by molar-refractivity contribution is 0.294. The van der Waals surface area contributed by atoms with Gasteiger partial charge in [0.05, 0.1) is 0 Å². The maximum absolute atomic E-state index is 4.28. The molecule has 0 atom stereocenters. The molecule has 3 rings (SSSR count). The quantitative estimate of drug-likeness (QED) is 0.595. The highest BCUT2D eigenvalue weighted by atomic mass is 14.4. The van der Waals surface area contributed by atoms with Gasteiger partial charge in [0.15, 0.2) is 0 Å². The van der Waals surface area contributed by atoms with Crippen LogP contribution in [0.3, 0.4) is 0 Å². The average Bonchev–Trinajstić information content (AvgIpc) is 2.35. The number of rotatable bonds is 3. The smallest absolute Gasteiger partial charge is 0.0159 e. The fourth-order valence-corrected chi connectivity index (χ4v) is 3.00. The molecule has 3 aliphatic rings. The molecular weight excluding hydrogens is 204 g/mol. The Morgan fingerprint density at radius 2 is 1.76 bits per heavy atom. The molecule has 0 spiro atoms. The predicted molar refractivity (Wildman–Crippen MR) is 75.8 cm³/mol. The van der Waals surface area contributed by atoms with Gasteiger partial charge in [-0.25, -0.2) is 0 Å². The van der Waals surface area contributed by atoms with Gasteiger partial charge in [0, 0.05) is 0 Å². The molecule has 17 heavy (non-hydrogen) atoms. The lowest BCUT2D eigenvalue weighted by Gasteiger charge is -2.40. The second kappa shape index (κ2) is 5.35. The van der Waals surface area contributed by atoms with Crippen molar-refractivity contribution in [2.75, 3.05) is 0 Å². The van der Waals surface area contributed by atoms with Crippen LogP contribution < -0.4 is 0 Å². The van der Waals surface area contributed by atoms with Crippen LogP contribution in [0.15, 0.2) is 60.3 Å². The average molecular weight is 226 g/mol. The number of allylic oxidation sites excluding steroid dienone is 8. The third kappa shape index (κ3) is 2.69. The highest BCUT2D eigenvalue weighted by Crippen LogP contribution is 2.47. The summed E-state index contributed by atoms with van der Waals surface area (Å²) in [6.45, 7) is 10.4. The summed E-state index contributed by atoms with van der Waals surface area (Å²) in [4.78, 5) is 0. The lowest BCUT2D eigenvalue weighted by Crippen LogP contribution is -2.26. The predicted octanol–water partition coefficient (Wildman–Crippen LogP) is 4.98. The van der Waals surface area contributed by atoms with Crippen molar-refractivity contribution in [3.8, 4) is 0 Å². The van der Waals surface area contributed by atoms with Crippen LogP contribution in [0.1, 0.15) is 32.6 Å². The lowest BCUT2D eigenvalue weighted by atomic mass is 9.65. The summed E-state index contributed by atoms with van der Waals surface area (Å²) in [5, 5.41) is 0. The highest BCUT2D eigenvalue weighted by Gasteiger charge is 2.33. The normalized spacial score (nSPS) is 30.9. The van der Waals surface area contributed by atoms with E-state index in [4.69, 9.17) is 0 Å². The Balaban J connectivity index is 2.11. The zero-order valence-electron chi connectivity index (χ0n) is 10.8. The van der Waals surface area contributed by atoms with E-state index in [-0.39, 0.29) is 0 Å². The van der Waals surface area contributed by atoms with E-state index in [0.29, 0.717) is 0 Å². The number of fused-ring (bicyclic) bond motifs is 3. The van der Waals surface area contributed by atoms with Crippen LogP contribution >= 0.6 is 0 Å². The van der Waals surface area contributed by atoms with E-state index in [0.717, 1.165) is 17.4 Å². The summed E-state index contributed by atoms with van der Waals surface area (Å²) in [7, 11) is 0. The van der Waals surface area contributed by atoms with Crippen LogP contribution in [0.25, 0.3) is 0 Å². The summed E-state index contributed by atoms with van der Waals surface area (Å²) in [5.74, 6) is 1.50. The summed E-state index contributed by atoms with van der Waals surface area (Å²) >= 11 is 0. The first-order valence-corrected chi connectivity index (χ1v) is 6.61. The minimum atomic E-state index is 0.749. The topological polar surface area (TPSA) is 0 Å². The fraction of sp³-hybridized carbons (Fsp3) is 0.412. The van der Waals surface area contributed by atoms with Gasteiger partial charge in [-0.05, 0) is 61.2 Å². The molecular formula is C17H22. The Morgan fingerprint density at radius 3 is 2.35 bits per heavy atom. The monoisotopic (exact) mass is 226 g/mol. The highest BCUT2D eigenvalue weighted by molar-refractivity contribution is 5.44. The summed E-state index contributed by atoms with van der Waals surface area (Å²) in [6.07, 6.45) is 15.8. The van der Waals surface area contributed by atoms with Crippen LogP contribution in [-0.4, -0.2) is 0 Å². The second-order valence-corrected chi connectivity index (χ2v) is 5.13. The van der Waals surface area contributed by atoms with Gasteiger partial charge in [0.1, 0.15) is 0 Å². The molecule has 0 aromatic carbocycles. The van der Waals surface area contributed by atoms with Crippen molar-refractivity contribution < 1.29 is 0 Å². The fourth-order valence-electron chi connectivity index (χ4n) is 3.00. The number of hydrogen-bond acceptors (Lipinski definition) is 0. The zero-order valence-corrected chi connectivity index (χ0v) is 10.8. The van der Waals surface area contributed by atoms with E-state index in [1.165, 1.54) is 36.8 Å². The standard InChI is InChI=1S/C17H22/c1-4-5-6-7-13(2)12-17-14(3)15-8-10-16(17)11-9-15/h4-7,12,15-16H,2-3,8-11H2,1H3/b5-4-,7-6-,17-12-. The maximum Gasteiger partial charge on any atom is -0.0159 e. The molecule has 0 N–H and O–H groups in total. The Kier molecular flexibility index (Phi) is 3.83. The van der Waals surface area contributed by atoms with Gasteiger partial charge in [-0.2, -0.15) is 0 Å². The Hall–Kier alpha value is -1.30. The SMILES string of the molecule is C=C(/C=C\C=C/C)/C=C1/C(=C)C2CCC1CC2. The first-order chi connectivity index (χ1) is 8.22. The summed E-state index contributed by atoms with van der Waals surface area (Å²) in [5.41, 5.74) is 3.95. The molecule has 3 fully saturated rings. The maximum atomic E-state index is 4.28. The van der Waals surface area contributed by atoms with E-state index in [2.05, 4.69) is 25.3 Å². The molecule has 0 aromatic heterocycles. The van der Waals surface area contributed by atoms with Crippen molar-refractivity contribution in [1.82, 2.24) is 0 Å². The molecule has 0 saturated heterocycles. The van der Waals surface area contributed by atoms with E-state index in [9.17, 15) is 0 Å². The number of hydrogen-bond donors (Lipinski definition) is 0. The van der Waals surface area contributed by atoms with Crippen molar-refractivity contribution in [3.63, 3.8) is 0 Å². The van der Waals surface area contributed by atoms with E-state index in [1.807, 2.05) is 25.2 Å². The molecule has 0 heteroatoms. The van der Waals surface area contributed by atoms with Crippen LogP contribution in [0.5, 0.6) is 0 Å². The Bertz CT molecular complexity index is 396. The summed E-state index contributed by atoms with van der Waals surface area (Å²) < 4.78 is 0. The molecule has 3 saturated carbocycles. The first kappa shape index (κ1) is 12.2. The summed E-state index contributed by atoms with van der Waals surface area (Å²) in [6, 6.07) is 0. The molecule has 90 valence electrons. The zero-order chi connectivity index (χ0) is 12.3. The van der Waals surface area contributed by atoms with Gasteiger partial charge < -0.3 is 0 Å². The van der Waals surface area contributed by atoms with Crippen molar-refractivity contribution in [1.29, 1.82) is 0 Å². The van der Waals surface area contributed by atoms with E-state index < -0.39 is 0 Å². The third-order valence-corrected chi connectivity index (χ3v) is 3.99. The Labute approximate surface area is 105 Å². The Morgan fingerprint density at radius 1 is 1.12 bits per heavy atom. The molecule has 0 nitrogen and oxygen atoms in total. The first-order valence-electron chi connectivity index (χ1n) is 6.61. The van der Waals surface area contributed by atoms with Crippen molar-refractivity contribution in [2.24, 2.45) is 11.8 Å². The molecule has 0 heterocycles. The van der Waals surface area contributed by atoms with Crippen LogP contribution in [0.4, 0.5) is 0 Å². The molecule has 0 unspecified atom stereocenters. The van der Waals surface area contributed by atoms with Gasteiger partial charge >= 0.3 is 0 Å². The van der Waals surface area contributed by atoms with Crippen molar-refractivity contribution in [3.05, 3.63) is 60.3 Å². The molecule has 0 aromatic rings.